The number of aliphatic imine (C=N–C) groups is 1. The zero-order valence-corrected chi connectivity index (χ0v) is 20.8. The van der Waals surface area contributed by atoms with Crippen LogP contribution in [-0.2, 0) is 0 Å². The number of nitrogens with one attached hydrogen (secondary N) is 2. The second-order valence-electron chi connectivity index (χ2n) is 7.65. The molecule has 6 nitrogen and oxygen atoms in total. The summed E-state index contributed by atoms with van der Waals surface area (Å²) in [6.07, 6.45) is 1.89. The molecule has 0 aliphatic carbocycles. The van der Waals surface area contributed by atoms with Crippen LogP contribution in [-0.4, -0.2) is 49.3 Å². The second-order valence-corrected chi connectivity index (χ2v) is 7.65. The fourth-order valence-corrected chi connectivity index (χ4v) is 3.50. The SMILES string of the molecule is CCNC(=NCC(C)Oc1cccc(F)c1)NC1CCN(c2cccc(C)n2)CC1.I. The van der Waals surface area contributed by atoms with E-state index < -0.39 is 0 Å². The van der Waals surface area contributed by atoms with E-state index in [-0.39, 0.29) is 35.9 Å². The van der Waals surface area contributed by atoms with Crippen LogP contribution in [0.2, 0.25) is 0 Å². The largest absolute Gasteiger partial charge is 0.489 e. The van der Waals surface area contributed by atoms with Gasteiger partial charge in [0.2, 0.25) is 0 Å². The van der Waals surface area contributed by atoms with Gasteiger partial charge in [0.15, 0.2) is 5.96 Å². The quantitative estimate of drug-likeness (QED) is 0.314. The molecule has 0 radical (unpaired) electrons. The van der Waals surface area contributed by atoms with E-state index in [1.165, 1.54) is 12.1 Å². The molecule has 1 saturated heterocycles. The van der Waals surface area contributed by atoms with Crippen LogP contribution in [0.1, 0.15) is 32.4 Å². The number of aryl methyl sites for hydroxylation is 1. The van der Waals surface area contributed by atoms with Crippen molar-refractivity contribution < 1.29 is 9.13 Å². The van der Waals surface area contributed by atoms with Crippen molar-refractivity contribution >= 4 is 35.8 Å². The van der Waals surface area contributed by atoms with E-state index >= 15 is 0 Å². The highest BCUT2D eigenvalue weighted by atomic mass is 127. The molecule has 0 spiro atoms. The number of nitrogens with zero attached hydrogens (tertiary/aromatic N) is 3. The third-order valence-corrected chi connectivity index (χ3v) is 5.02. The van der Waals surface area contributed by atoms with E-state index in [0.29, 0.717) is 18.3 Å². The summed E-state index contributed by atoms with van der Waals surface area (Å²) in [5.74, 6) is 2.06. The van der Waals surface area contributed by atoms with Crippen molar-refractivity contribution in [3.05, 3.63) is 54.0 Å². The number of anilines is 1. The lowest BCUT2D eigenvalue weighted by atomic mass is 10.1. The van der Waals surface area contributed by atoms with Crippen LogP contribution >= 0.6 is 24.0 Å². The normalized spacial score (nSPS) is 15.7. The summed E-state index contributed by atoms with van der Waals surface area (Å²) >= 11 is 0. The molecule has 1 aliphatic heterocycles. The fourth-order valence-electron chi connectivity index (χ4n) is 3.50. The molecule has 2 aromatic rings. The lowest BCUT2D eigenvalue weighted by molar-refractivity contribution is 0.229. The van der Waals surface area contributed by atoms with Gasteiger partial charge >= 0.3 is 0 Å². The third kappa shape index (κ3) is 8.16. The van der Waals surface area contributed by atoms with Gasteiger partial charge in [0, 0.05) is 37.4 Å². The monoisotopic (exact) mass is 541 g/mol. The summed E-state index contributed by atoms with van der Waals surface area (Å²) in [5.41, 5.74) is 1.05. The van der Waals surface area contributed by atoms with E-state index in [1.807, 2.05) is 19.9 Å². The fraction of sp³-hybridized carbons (Fsp3) is 0.478. The van der Waals surface area contributed by atoms with Crippen LogP contribution < -0.4 is 20.3 Å². The van der Waals surface area contributed by atoms with E-state index in [4.69, 9.17) is 4.74 Å². The molecule has 1 aliphatic rings. The molecule has 1 aromatic carbocycles. The summed E-state index contributed by atoms with van der Waals surface area (Å²) < 4.78 is 19.1. The molecule has 31 heavy (non-hydrogen) atoms. The number of ether oxygens (including phenoxy) is 1. The maximum absolute atomic E-state index is 13.3. The first kappa shape index (κ1) is 25.2. The Morgan fingerprint density at radius 2 is 2.00 bits per heavy atom. The minimum Gasteiger partial charge on any atom is -0.489 e. The van der Waals surface area contributed by atoms with Gasteiger partial charge in [-0.2, -0.15) is 0 Å². The maximum Gasteiger partial charge on any atom is 0.191 e. The van der Waals surface area contributed by atoms with Gasteiger partial charge in [0.05, 0.1) is 6.54 Å². The van der Waals surface area contributed by atoms with Crippen LogP contribution in [0.5, 0.6) is 5.75 Å². The standard InChI is InChI=1S/C23H32FN5O.HI/c1-4-25-23(26-16-18(3)30-21-9-6-8-19(24)15-21)28-20-11-13-29(14-12-20)22-10-5-7-17(2)27-22;/h5-10,15,18,20H,4,11-14,16H2,1-3H3,(H2,25,26,28);1H. The second kappa shape index (κ2) is 12.7. The molecule has 0 bridgehead atoms. The van der Waals surface area contributed by atoms with Gasteiger partial charge < -0.3 is 20.3 Å². The molecule has 1 unspecified atom stereocenters. The molecular weight excluding hydrogens is 508 g/mol. The lowest BCUT2D eigenvalue weighted by Crippen LogP contribution is -2.49. The van der Waals surface area contributed by atoms with Crippen molar-refractivity contribution in [2.45, 2.75) is 45.8 Å². The number of halogens is 2. The van der Waals surface area contributed by atoms with Gasteiger partial charge in [0.25, 0.3) is 0 Å². The van der Waals surface area contributed by atoms with Gasteiger partial charge in [0.1, 0.15) is 23.5 Å². The smallest absolute Gasteiger partial charge is 0.191 e. The number of hydrogen-bond donors (Lipinski definition) is 2. The molecule has 3 rings (SSSR count). The first-order valence-electron chi connectivity index (χ1n) is 10.7. The predicted molar refractivity (Wildman–Crippen MR) is 135 cm³/mol. The van der Waals surface area contributed by atoms with Gasteiger partial charge in [-0.15, -0.1) is 24.0 Å². The summed E-state index contributed by atoms with van der Waals surface area (Å²) in [7, 11) is 0. The van der Waals surface area contributed by atoms with E-state index in [2.05, 4.69) is 44.6 Å². The summed E-state index contributed by atoms with van der Waals surface area (Å²) in [4.78, 5) is 11.6. The molecule has 1 fully saturated rings. The van der Waals surface area contributed by atoms with Crippen LogP contribution in [0.3, 0.4) is 0 Å². The highest BCUT2D eigenvalue weighted by Crippen LogP contribution is 2.18. The Hall–Kier alpha value is -2.10. The summed E-state index contributed by atoms with van der Waals surface area (Å²) in [5, 5.41) is 6.85. The average molecular weight is 541 g/mol. The van der Waals surface area contributed by atoms with Crippen molar-refractivity contribution in [1.82, 2.24) is 15.6 Å². The first-order chi connectivity index (χ1) is 14.5. The van der Waals surface area contributed by atoms with Gasteiger partial charge in [-0.3, -0.25) is 0 Å². The van der Waals surface area contributed by atoms with Crippen molar-refractivity contribution in [3.8, 4) is 5.75 Å². The summed E-state index contributed by atoms with van der Waals surface area (Å²) in [6, 6.07) is 12.7. The lowest BCUT2D eigenvalue weighted by Gasteiger charge is -2.34. The highest BCUT2D eigenvalue weighted by molar-refractivity contribution is 14.0. The van der Waals surface area contributed by atoms with E-state index in [9.17, 15) is 4.39 Å². The topological polar surface area (TPSA) is 61.8 Å². The number of pyridine rings is 1. The Balaban J connectivity index is 0.00000341. The number of rotatable bonds is 7. The van der Waals surface area contributed by atoms with Crippen LogP contribution in [0, 0.1) is 12.7 Å². The molecule has 1 atom stereocenters. The zero-order valence-electron chi connectivity index (χ0n) is 18.5. The minimum atomic E-state index is -0.301. The van der Waals surface area contributed by atoms with Crippen molar-refractivity contribution in [2.75, 3.05) is 31.1 Å². The Labute approximate surface area is 201 Å². The van der Waals surface area contributed by atoms with Crippen LogP contribution in [0.4, 0.5) is 10.2 Å². The number of aromatic nitrogens is 1. The Bertz CT molecular complexity index is 842. The number of piperidine rings is 1. The third-order valence-electron chi connectivity index (χ3n) is 5.02. The summed E-state index contributed by atoms with van der Waals surface area (Å²) in [6.45, 7) is 9.21. The van der Waals surface area contributed by atoms with Gasteiger partial charge in [-0.05, 0) is 57.9 Å². The Morgan fingerprint density at radius 1 is 1.26 bits per heavy atom. The molecule has 8 heteroatoms. The maximum atomic E-state index is 13.3. The molecule has 0 saturated carbocycles. The number of guanidine groups is 1. The zero-order chi connectivity index (χ0) is 21.3. The van der Waals surface area contributed by atoms with E-state index in [0.717, 1.165) is 49.9 Å². The molecule has 0 amide bonds. The number of benzene rings is 1. The average Bonchev–Trinajstić information content (AvgIpc) is 2.73. The molecule has 170 valence electrons. The van der Waals surface area contributed by atoms with Crippen molar-refractivity contribution in [1.29, 1.82) is 0 Å². The molecule has 2 N–H and O–H groups in total. The number of hydrogen-bond acceptors (Lipinski definition) is 4. The minimum absolute atomic E-state index is 0. The van der Waals surface area contributed by atoms with Crippen LogP contribution in [0.25, 0.3) is 0 Å². The van der Waals surface area contributed by atoms with Gasteiger partial charge in [-0.25, -0.2) is 14.4 Å². The van der Waals surface area contributed by atoms with Crippen molar-refractivity contribution in [2.24, 2.45) is 4.99 Å². The van der Waals surface area contributed by atoms with Crippen molar-refractivity contribution in [3.63, 3.8) is 0 Å². The Kier molecular flexibility index (Phi) is 10.3. The van der Waals surface area contributed by atoms with Crippen LogP contribution in [0.15, 0.2) is 47.5 Å². The molecular formula is C23H33FIN5O. The highest BCUT2D eigenvalue weighted by Gasteiger charge is 2.21. The van der Waals surface area contributed by atoms with E-state index in [1.54, 1.807) is 12.1 Å². The first-order valence-corrected chi connectivity index (χ1v) is 10.7. The molecule has 2 heterocycles. The van der Waals surface area contributed by atoms with Gasteiger partial charge in [-0.1, -0.05) is 12.1 Å². The molecule has 1 aromatic heterocycles. The Morgan fingerprint density at radius 3 is 2.68 bits per heavy atom. The predicted octanol–water partition coefficient (Wildman–Crippen LogP) is 4.14.